The summed E-state index contributed by atoms with van der Waals surface area (Å²) in [6.45, 7) is 5.05. The second kappa shape index (κ2) is 2.46. The molecule has 0 fully saturated rings. The third kappa shape index (κ3) is 1.12. The predicted molar refractivity (Wildman–Crippen MR) is 50.5 cm³/mol. The van der Waals surface area contributed by atoms with E-state index in [9.17, 15) is 0 Å². The Morgan fingerprint density at radius 3 is 3.08 bits per heavy atom. The standard InChI is InChI=1S/C9H10BrNO/c1-9(2)5-12-8-7(9)3-6(10)4-11-8/h3-4H,5H2,1-2H3. The van der Waals surface area contributed by atoms with Crippen molar-refractivity contribution in [2.75, 3.05) is 6.61 Å². The van der Waals surface area contributed by atoms with Gasteiger partial charge in [-0.05, 0) is 22.0 Å². The molecule has 0 aliphatic carbocycles. The molecule has 1 aliphatic rings. The van der Waals surface area contributed by atoms with Crippen LogP contribution in [0.25, 0.3) is 0 Å². The number of rotatable bonds is 0. The number of hydrogen-bond donors (Lipinski definition) is 0. The summed E-state index contributed by atoms with van der Waals surface area (Å²) in [5.41, 5.74) is 1.29. The van der Waals surface area contributed by atoms with E-state index in [1.165, 1.54) is 5.56 Å². The smallest absolute Gasteiger partial charge is 0.217 e. The van der Waals surface area contributed by atoms with Crippen molar-refractivity contribution in [3.63, 3.8) is 0 Å². The van der Waals surface area contributed by atoms with E-state index in [4.69, 9.17) is 4.74 Å². The Morgan fingerprint density at radius 1 is 1.58 bits per heavy atom. The van der Waals surface area contributed by atoms with Gasteiger partial charge in [0, 0.05) is 21.6 Å². The SMILES string of the molecule is CC1(C)COc2ncc(Br)cc21. The van der Waals surface area contributed by atoms with Crippen molar-refractivity contribution in [2.24, 2.45) is 0 Å². The van der Waals surface area contributed by atoms with Crippen LogP contribution in [0, 0.1) is 0 Å². The zero-order valence-corrected chi connectivity index (χ0v) is 8.68. The number of halogens is 1. The Morgan fingerprint density at radius 2 is 2.33 bits per heavy atom. The van der Waals surface area contributed by atoms with Gasteiger partial charge in [-0.1, -0.05) is 13.8 Å². The Bertz CT molecular complexity index is 322. The summed E-state index contributed by atoms with van der Waals surface area (Å²) in [5.74, 6) is 0.781. The van der Waals surface area contributed by atoms with Crippen molar-refractivity contribution in [3.05, 3.63) is 22.3 Å². The number of hydrogen-bond acceptors (Lipinski definition) is 2. The lowest BCUT2D eigenvalue weighted by molar-refractivity contribution is 0.284. The molecule has 0 aromatic carbocycles. The molecule has 0 saturated carbocycles. The molecule has 0 saturated heterocycles. The molecule has 12 heavy (non-hydrogen) atoms. The summed E-state index contributed by atoms with van der Waals surface area (Å²) in [6, 6.07) is 2.08. The maximum absolute atomic E-state index is 5.44. The predicted octanol–water partition coefficient (Wildman–Crippen LogP) is 2.51. The topological polar surface area (TPSA) is 22.1 Å². The molecule has 0 amide bonds. The molecule has 0 N–H and O–H groups in total. The quantitative estimate of drug-likeness (QED) is 0.680. The van der Waals surface area contributed by atoms with E-state index in [1.54, 1.807) is 6.20 Å². The number of fused-ring (bicyclic) bond motifs is 1. The fourth-order valence-electron chi connectivity index (χ4n) is 1.35. The molecular weight excluding hydrogens is 218 g/mol. The Labute approximate surface area is 80.1 Å². The van der Waals surface area contributed by atoms with Gasteiger partial charge in [0.2, 0.25) is 5.88 Å². The van der Waals surface area contributed by atoms with Gasteiger partial charge >= 0.3 is 0 Å². The van der Waals surface area contributed by atoms with Gasteiger partial charge in [0.05, 0.1) is 6.61 Å². The average Bonchev–Trinajstić information content (AvgIpc) is 2.28. The van der Waals surface area contributed by atoms with Crippen molar-refractivity contribution >= 4 is 15.9 Å². The van der Waals surface area contributed by atoms with E-state index in [1.807, 2.05) is 0 Å². The molecule has 1 aromatic heterocycles. The Balaban J connectivity index is 2.57. The van der Waals surface area contributed by atoms with Crippen LogP contribution in [0.5, 0.6) is 5.88 Å². The van der Waals surface area contributed by atoms with Crippen molar-refractivity contribution < 1.29 is 4.74 Å². The van der Waals surface area contributed by atoms with Gasteiger partial charge in [-0.2, -0.15) is 0 Å². The molecule has 2 heterocycles. The molecule has 1 aromatic rings. The first kappa shape index (κ1) is 8.05. The lowest BCUT2D eigenvalue weighted by Gasteiger charge is -2.14. The van der Waals surface area contributed by atoms with Gasteiger partial charge in [0.15, 0.2) is 0 Å². The summed E-state index contributed by atoms with van der Waals surface area (Å²) in [5, 5.41) is 0. The molecule has 0 atom stereocenters. The van der Waals surface area contributed by atoms with Gasteiger partial charge in [-0.3, -0.25) is 0 Å². The van der Waals surface area contributed by atoms with Crippen LogP contribution in [-0.2, 0) is 5.41 Å². The highest BCUT2D eigenvalue weighted by Crippen LogP contribution is 2.37. The van der Waals surface area contributed by atoms with Crippen molar-refractivity contribution in [1.29, 1.82) is 0 Å². The van der Waals surface area contributed by atoms with Crippen LogP contribution in [0.2, 0.25) is 0 Å². The normalized spacial score (nSPS) is 18.6. The van der Waals surface area contributed by atoms with E-state index in [0.29, 0.717) is 0 Å². The van der Waals surface area contributed by atoms with Gasteiger partial charge in [0.1, 0.15) is 0 Å². The van der Waals surface area contributed by atoms with Gasteiger partial charge in [0.25, 0.3) is 0 Å². The summed E-state index contributed by atoms with van der Waals surface area (Å²) in [4.78, 5) is 4.19. The van der Waals surface area contributed by atoms with Crippen LogP contribution in [0.1, 0.15) is 19.4 Å². The van der Waals surface area contributed by atoms with Crippen LogP contribution >= 0.6 is 15.9 Å². The monoisotopic (exact) mass is 227 g/mol. The van der Waals surface area contributed by atoms with E-state index in [-0.39, 0.29) is 5.41 Å². The maximum Gasteiger partial charge on any atom is 0.217 e. The van der Waals surface area contributed by atoms with E-state index < -0.39 is 0 Å². The lowest BCUT2D eigenvalue weighted by atomic mass is 9.88. The highest BCUT2D eigenvalue weighted by molar-refractivity contribution is 9.10. The lowest BCUT2D eigenvalue weighted by Crippen LogP contribution is -2.18. The maximum atomic E-state index is 5.44. The van der Waals surface area contributed by atoms with Crippen molar-refractivity contribution in [2.45, 2.75) is 19.3 Å². The third-order valence-electron chi connectivity index (χ3n) is 2.12. The molecule has 0 unspecified atom stereocenters. The van der Waals surface area contributed by atoms with Crippen molar-refractivity contribution in [1.82, 2.24) is 4.98 Å². The first-order valence-corrected chi connectivity index (χ1v) is 4.68. The van der Waals surface area contributed by atoms with Gasteiger partial charge < -0.3 is 4.74 Å². The molecule has 0 bridgehead atoms. The second-order valence-electron chi connectivity index (χ2n) is 3.68. The van der Waals surface area contributed by atoms with Crippen LogP contribution in [0.4, 0.5) is 0 Å². The molecule has 2 nitrogen and oxygen atoms in total. The largest absolute Gasteiger partial charge is 0.477 e. The summed E-state index contributed by atoms with van der Waals surface area (Å²) >= 11 is 3.40. The second-order valence-corrected chi connectivity index (χ2v) is 4.59. The van der Waals surface area contributed by atoms with Gasteiger partial charge in [-0.15, -0.1) is 0 Å². The van der Waals surface area contributed by atoms with Gasteiger partial charge in [-0.25, -0.2) is 4.98 Å². The molecule has 3 heteroatoms. The summed E-state index contributed by atoms with van der Waals surface area (Å²) < 4.78 is 6.45. The van der Waals surface area contributed by atoms with Crippen LogP contribution in [-0.4, -0.2) is 11.6 Å². The highest BCUT2D eigenvalue weighted by Gasteiger charge is 2.32. The number of nitrogens with zero attached hydrogens (tertiary/aromatic N) is 1. The first-order chi connectivity index (χ1) is 5.59. The first-order valence-electron chi connectivity index (χ1n) is 3.88. The molecule has 64 valence electrons. The molecule has 2 rings (SSSR count). The van der Waals surface area contributed by atoms with E-state index in [0.717, 1.165) is 17.0 Å². The summed E-state index contributed by atoms with van der Waals surface area (Å²) in [7, 11) is 0. The fraction of sp³-hybridized carbons (Fsp3) is 0.444. The number of ether oxygens (including phenoxy) is 1. The number of pyridine rings is 1. The molecule has 0 radical (unpaired) electrons. The minimum atomic E-state index is 0.103. The zero-order chi connectivity index (χ0) is 8.77. The summed E-state index contributed by atoms with van der Waals surface area (Å²) in [6.07, 6.45) is 1.76. The number of aromatic nitrogens is 1. The highest BCUT2D eigenvalue weighted by atomic mass is 79.9. The minimum Gasteiger partial charge on any atom is -0.477 e. The van der Waals surface area contributed by atoms with Crippen molar-refractivity contribution in [3.8, 4) is 5.88 Å². The molecule has 1 aliphatic heterocycles. The molecular formula is C9H10BrNO. The Kier molecular flexibility index (Phi) is 1.65. The fourth-order valence-corrected chi connectivity index (χ4v) is 1.68. The Hall–Kier alpha value is -0.570. The molecule has 0 spiro atoms. The van der Waals surface area contributed by atoms with E-state index in [2.05, 4.69) is 40.8 Å². The van der Waals surface area contributed by atoms with Crippen LogP contribution in [0.3, 0.4) is 0 Å². The van der Waals surface area contributed by atoms with E-state index >= 15 is 0 Å². The third-order valence-corrected chi connectivity index (χ3v) is 2.55. The zero-order valence-electron chi connectivity index (χ0n) is 7.10. The minimum absolute atomic E-state index is 0.103. The van der Waals surface area contributed by atoms with Crippen LogP contribution < -0.4 is 4.74 Å². The van der Waals surface area contributed by atoms with Crippen LogP contribution in [0.15, 0.2) is 16.7 Å². The average molecular weight is 228 g/mol.